The van der Waals surface area contributed by atoms with Gasteiger partial charge in [-0.2, -0.15) is 0 Å². The molecule has 4 N–H and O–H groups in total. The van der Waals surface area contributed by atoms with Crippen LogP contribution >= 0.6 is 0 Å². The van der Waals surface area contributed by atoms with Gasteiger partial charge in [-0.1, -0.05) is 103 Å². The summed E-state index contributed by atoms with van der Waals surface area (Å²) in [4.78, 5) is 45.9. The Morgan fingerprint density at radius 2 is 0.784 bits per heavy atom. The first-order valence-corrected chi connectivity index (χ1v) is 14.7. The molecule has 0 saturated heterocycles. The van der Waals surface area contributed by atoms with Crippen molar-refractivity contribution in [2.45, 2.75) is 160 Å². The highest BCUT2D eigenvalue weighted by Crippen LogP contribution is 2.26. The van der Waals surface area contributed by atoms with E-state index in [0.29, 0.717) is 6.42 Å². The van der Waals surface area contributed by atoms with E-state index in [2.05, 4.69) is 12.2 Å². The molecule has 0 aromatic carbocycles. The quantitative estimate of drug-likeness (QED) is 0.0836. The largest absolute Gasteiger partial charge is 0.481 e. The summed E-state index contributed by atoms with van der Waals surface area (Å²) < 4.78 is 0. The smallest absolute Gasteiger partial charge is 0.303 e. The molecule has 0 spiro atoms. The molecule has 37 heavy (non-hydrogen) atoms. The number of aliphatic carboxylic acids is 3. The Morgan fingerprint density at radius 3 is 1.08 bits per heavy atom. The summed E-state index contributed by atoms with van der Waals surface area (Å²) in [5.41, 5.74) is -1.14. The van der Waals surface area contributed by atoms with Crippen molar-refractivity contribution in [2.75, 3.05) is 0 Å². The first-order valence-electron chi connectivity index (χ1n) is 14.7. The normalized spacial score (nSPS) is 11.4. The number of amides is 1. The predicted molar refractivity (Wildman–Crippen MR) is 146 cm³/mol. The van der Waals surface area contributed by atoms with Gasteiger partial charge in [0.25, 0.3) is 0 Å². The van der Waals surface area contributed by atoms with Crippen LogP contribution in [0.4, 0.5) is 0 Å². The van der Waals surface area contributed by atoms with Crippen LogP contribution in [0.5, 0.6) is 0 Å². The van der Waals surface area contributed by atoms with E-state index in [1.165, 1.54) is 77.0 Å². The standard InChI is InChI=1S/C29H53NO7/c1-2-3-4-5-6-7-8-9-10-11-12-13-14-15-16-17-18-25(31)30-29(22-19-26(32)33,23-20-27(34)35)24-21-28(36)37/h2-24H2,1H3,(H,30,31)(H,32,33)(H,34,35)(H,36,37). The number of unbranched alkanes of at least 4 members (excludes halogenated alkanes) is 15. The number of carbonyl (C=O) groups excluding carboxylic acids is 1. The van der Waals surface area contributed by atoms with Gasteiger partial charge in [-0.15, -0.1) is 0 Å². The second-order valence-electron chi connectivity index (χ2n) is 10.6. The fourth-order valence-corrected chi connectivity index (χ4v) is 4.79. The molecule has 8 heteroatoms. The molecule has 0 aromatic heterocycles. The van der Waals surface area contributed by atoms with Gasteiger partial charge >= 0.3 is 17.9 Å². The summed E-state index contributed by atoms with van der Waals surface area (Å²) in [6.07, 6.45) is 19.3. The van der Waals surface area contributed by atoms with Crippen molar-refractivity contribution < 1.29 is 34.5 Å². The SMILES string of the molecule is CCCCCCCCCCCCCCCCCCC(=O)NC(CCC(=O)O)(CCC(=O)O)CCC(=O)O. The van der Waals surface area contributed by atoms with Crippen molar-refractivity contribution in [2.24, 2.45) is 0 Å². The molecule has 0 aromatic rings. The van der Waals surface area contributed by atoms with Crippen molar-refractivity contribution in [3.05, 3.63) is 0 Å². The molecule has 1 amide bonds. The lowest BCUT2D eigenvalue weighted by molar-refractivity contribution is -0.139. The molecule has 0 saturated carbocycles. The third-order valence-corrected chi connectivity index (χ3v) is 7.11. The lowest BCUT2D eigenvalue weighted by Crippen LogP contribution is -2.49. The third kappa shape index (κ3) is 22.8. The van der Waals surface area contributed by atoms with Gasteiger partial charge in [0.15, 0.2) is 0 Å². The van der Waals surface area contributed by atoms with Crippen molar-refractivity contribution in [3.8, 4) is 0 Å². The van der Waals surface area contributed by atoms with Gasteiger partial charge in [0.2, 0.25) is 5.91 Å². The fourth-order valence-electron chi connectivity index (χ4n) is 4.79. The zero-order chi connectivity index (χ0) is 27.8. The molecule has 0 radical (unpaired) electrons. The van der Waals surface area contributed by atoms with Crippen LogP contribution in [-0.2, 0) is 19.2 Å². The van der Waals surface area contributed by atoms with Gasteiger partial charge in [-0.05, 0) is 25.7 Å². The van der Waals surface area contributed by atoms with Crippen molar-refractivity contribution >= 4 is 23.8 Å². The van der Waals surface area contributed by atoms with Gasteiger partial charge in [-0.25, -0.2) is 0 Å². The monoisotopic (exact) mass is 527 g/mol. The third-order valence-electron chi connectivity index (χ3n) is 7.11. The van der Waals surface area contributed by atoms with E-state index in [0.717, 1.165) is 19.3 Å². The zero-order valence-electron chi connectivity index (χ0n) is 23.2. The minimum absolute atomic E-state index is 0.00753. The maximum absolute atomic E-state index is 12.6. The lowest BCUT2D eigenvalue weighted by Gasteiger charge is -2.34. The summed E-state index contributed by atoms with van der Waals surface area (Å²) in [5, 5.41) is 30.1. The average molecular weight is 528 g/mol. The number of nitrogens with one attached hydrogen (secondary N) is 1. The summed E-state index contributed by atoms with van der Waals surface area (Å²) in [6.45, 7) is 2.25. The van der Waals surface area contributed by atoms with E-state index in [9.17, 15) is 19.2 Å². The first kappa shape index (κ1) is 34.9. The zero-order valence-corrected chi connectivity index (χ0v) is 23.2. The second-order valence-corrected chi connectivity index (χ2v) is 10.6. The fraction of sp³-hybridized carbons (Fsp3) is 0.862. The highest BCUT2D eigenvalue weighted by molar-refractivity contribution is 5.77. The van der Waals surface area contributed by atoms with E-state index >= 15 is 0 Å². The predicted octanol–water partition coefficient (Wildman–Crippen LogP) is 7.09. The number of hydrogen-bond donors (Lipinski definition) is 4. The van der Waals surface area contributed by atoms with Crippen LogP contribution in [0, 0.1) is 0 Å². The maximum Gasteiger partial charge on any atom is 0.303 e. The van der Waals surface area contributed by atoms with Gasteiger partial charge in [0, 0.05) is 31.2 Å². The number of carboxylic acids is 3. The molecule has 0 aliphatic carbocycles. The molecule has 8 nitrogen and oxygen atoms in total. The van der Waals surface area contributed by atoms with Gasteiger partial charge in [-0.3, -0.25) is 19.2 Å². The molecule has 216 valence electrons. The number of carbonyl (C=O) groups is 4. The summed E-state index contributed by atoms with van der Waals surface area (Å²) >= 11 is 0. The Hall–Kier alpha value is -2.12. The molecule has 0 atom stereocenters. The summed E-state index contributed by atoms with van der Waals surface area (Å²) in [5.74, 6) is -3.47. The van der Waals surface area contributed by atoms with E-state index in [1.54, 1.807) is 0 Å². The molecule has 0 fully saturated rings. The Bertz CT molecular complexity index is 590. The maximum atomic E-state index is 12.6. The lowest BCUT2D eigenvalue weighted by atomic mass is 9.83. The average Bonchev–Trinajstić information content (AvgIpc) is 2.84. The molecule has 0 bridgehead atoms. The van der Waals surface area contributed by atoms with Crippen molar-refractivity contribution in [3.63, 3.8) is 0 Å². The van der Waals surface area contributed by atoms with Crippen LogP contribution < -0.4 is 5.32 Å². The van der Waals surface area contributed by atoms with Crippen LogP contribution in [0.25, 0.3) is 0 Å². The highest BCUT2D eigenvalue weighted by atomic mass is 16.4. The Morgan fingerprint density at radius 1 is 0.486 bits per heavy atom. The summed E-state index contributed by atoms with van der Waals surface area (Å²) in [7, 11) is 0. The second kappa shape index (κ2) is 23.0. The minimum Gasteiger partial charge on any atom is -0.481 e. The number of hydrogen-bond acceptors (Lipinski definition) is 4. The Kier molecular flexibility index (Phi) is 21.7. The molecule has 0 unspecified atom stereocenters. The molecule has 0 aliphatic heterocycles. The Labute approximate surface area is 224 Å². The highest BCUT2D eigenvalue weighted by Gasteiger charge is 2.33. The van der Waals surface area contributed by atoms with Gasteiger partial charge < -0.3 is 20.6 Å². The Balaban J connectivity index is 4.12. The number of rotatable bonds is 27. The summed E-state index contributed by atoms with van der Waals surface area (Å²) in [6, 6.07) is 0. The van der Waals surface area contributed by atoms with E-state index in [-0.39, 0.29) is 50.9 Å². The van der Waals surface area contributed by atoms with Crippen LogP contribution in [0.2, 0.25) is 0 Å². The number of carboxylic acid groups (broad SMARTS) is 3. The molecular formula is C29H53NO7. The van der Waals surface area contributed by atoms with Crippen molar-refractivity contribution in [1.29, 1.82) is 0 Å². The van der Waals surface area contributed by atoms with Gasteiger partial charge in [0.1, 0.15) is 0 Å². The van der Waals surface area contributed by atoms with Crippen LogP contribution in [0.3, 0.4) is 0 Å². The van der Waals surface area contributed by atoms with Crippen LogP contribution in [0.15, 0.2) is 0 Å². The van der Waals surface area contributed by atoms with Crippen LogP contribution in [-0.4, -0.2) is 44.7 Å². The minimum atomic E-state index is -1.14. The van der Waals surface area contributed by atoms with E-state index < -0.39 is 23.4 Å². The topological polar surface area (TPSA) is 141 Å². The van der Waals surface area contributed by atoms with Crippen LogP contribution in [0.1, 0.15) is 155 Å². The molecule has 0 heterocycles. The van der Waals surface area contributed by atoms with Gasteiger partial charge in [0.05, 0.1) is 0 Å². The first-order chi connectivity index (χ1) is 17.7. The van der Waals surface area contributed by atoms with E-state index in [1.807, 2.05) is 0 Å². The van der Waals surface area contributed by atoms with E-state index in [4.69, 9.17) is 15.3 Å². The molecular weight excluding hydrogens is 474 g/mol. The molecule has 0 rings (SSSR count). The van der Waals surface area contributed by atoms with Crippen molar-refractivity contribution in [1.82, 2.24) is 5.32 Å². The molecule has 0 aliphatic rings.